The number of fused-ring (bicyclic) bond motifs is 2. The summed E-state index contributed by atoms with van der Waals surface area (Å²) >= 11 is 0. The molecule has 3 aromatic heterocycles. The van der Waals surface area contributed by atoms with Crippen molar-refractivity contribution in [2.75, 3.05) is 25.6 Å². The number of benzene rings is 2. The fourth-order valence-corrected chi connectivity index (χ4v) is 3.97. The number of nitrogens with one attached hydrogen (secondary N) is 2. The molecular formula is C26H23ClN6O3. The second-order valence-electron chi connectivity index (χ2n) is 7.81. The lowest BCUT2D eigenvalue weighted by Crippen LogP contribution is -2.12. The highest BCUT2D eigenvalue weighted by Gasteiger charge is 2.16. The van der Waals surface area contributed by atoms with Gasteiger partial charge in [-0.05, 0) is 43.3 Å². The maximum atomic E-state index is 8.87. The minimum Gasteiger partial charge on any atom is -0.493 e. The third-order valence-electron chi connectivity index (χ3n) is 5.58. The van der Waals surface area contributed by atoms with Crippen LogP contribution in [-0.2, 0) is 0 Å². The van der Waals surface area contributed by atoms with Crippen LogP contribution in [0.2, 0.25) is 0 Å². The Hall–Kier alpha value is -4.55. The molecule has 9 nitrogen and oxygen atoms in total. The molecule has 0 aliphatic rings. The second kappa shape index (κ2) is 10.8. The van der Waals surface area contributed by atoms with Gasteiger partial charge in [-0.2, -0.15) is 0 Å². The Bertz CT molecular complexity index is 1560. The molecule has 5 aromatic rings. The number of hydrogen-bond donors (Lipinski definition) is 2. The third-order valence-corrected chi connectivity index (χ3v) is 5.58. The van der Waals surface area contributed by atoms with Crippen molar-refractivity contribution >= 4 is 39.9 Å². The molecule has 0 fully saturated rings. The van der Waals surface area contributed by atoms with Gasteiger partial charge >= 0.3 is 0 Å². The normalized spacial score (nSPS) is 10.5. The van der Waals surface area contributed by atoms with E-state index in [2.05, 4.69) is 25.3 Å². The molecule has 5 rings (SSSR count). The lowest BCUT2D eigenvalue weighted by atomic mass is 10.0. The molecule has 0 spiro atoms. The van der Waals surface area contributed by atoms with E-state index in [4.69, 9.17) is 19.5 Å². The smallest absolute Gasteiger partial charge is 0.292 e. The molecule has 36 heavy (non-hydrogen) atoms. The van der Waals surface area contributed by atoms with Crippen molar-refractivity contribution in [3.8, 4) is 34.8 Å². The Morgan fingerprint density at radius 1 is 1.03 bits per heavy atom. The topological polar surface area (TPSA) is 118 Å². The number of pyridine rings is 1. The number of ether oxygens (including phenoxy) is 3. The fraction of sp³-hybridized carbons (Fsp3) is 0.154. The van der Waals surface area contributed by atoms with Gasteiger partial charge in [-0.3, -0.25) is 4.98 Å². The Morgan fingerprint density at radius 2 is 1.92 bits per heavy atom. The van der Waals surface area contributed by atoms with Gasteiger partial charge in [0, 0.05) is 58.2 Å². The van der Waals surface area contributed by atoms with Gasteiger partial charge in [0.15, 0.2) is 11.5 Å². The highest BCUT2D eigenvalue weighted by atomic mass is 35.5. The molecule has 0 amide bonds. The van der Waals surface area contributed by atoms with Gasteiger partial charge in [-0.15, -0.1) is 17.7 Å². The molecule has 10 heteroatoms. The molecule has 182 valence electrons. The molecule has 0 aliphatic carbocycles. The van der Waals surface area contributed by atoms with Crippen molar-refractivity contribution in [2.24, 2.45) is 0 Å². The van der Waals surface area contributed by atoms with Crippen molar-refractivity contribution in [3.63, 3.8) is 0 Å². The first kappa shape index (κ1) is 24.6. The summed E-state index contributed by atoms with van der Waals surface area (Å²) in [6, 6.07) is 13.1. The van der Waals surface area contributed by atoms with Crippen LogP contribution in [0.25, 0.3) is 33.1 Å². The minimum absolute atomic E-state index is 0. The quantitative estimate of drug-likeness (QED) is 0.218. The van der Waals surface area contributed by atoms with Crippen molar-refractivity contribution < 1.29 is 14.2 Å². The Morgan fingerprint density at radius 3 is 2.72 bits per heavy atom. The first-order valence-electron chi connectivity index (χ1n) is 11.0. The molecular weight excluding hydrogens is 480 g/mol. The largest absolute Gasteiger partial charge is 0.493 e. The summed E-state index contributed by atoms with van der Waals surface area (Å²) in [5.74, 6) is 1.64. The zero-order chi connectivity index (χ0) is 24.2. The molecule has 2 N–H and O–H groups in total. The number of H-pyrrole nitrogens is 1. The number of rotatable bonds is 8. The van der Waals surface area contributed by atoms with E-state index in [0.29, 0.717) is 30.4 Å². The molecule has 0 saturated carbocycles. The summed E-state index contributed by atoms with van der Waals surface area (Å²) in [5.41, 5.74) is 5.17. The molecule has 0 aliphatic heterocycles. The predicted octanol–water partition coefficient (Wildman–Crippen LogP) is 5.26. The highest BCUT2D eigenvalue weighted by Crippen LogP contribution is 2.38. The lowest BCUT2D eigenvalue weighted by Gasteiger charge is -2.14. The summed E-state index contributed by atoms with van der Waals surface area (Å²) in [4.78, 5) is 16.4. The van der Waals surface area contributed by atoms with Crippen LogP contribution in [0.4, 0.5) is 5.69 Å². The predicted molar refractivity (Wildman–Crippen MR) is 140 cm³/mol. The van der Waals surface area contributed by atoms with Crippen LogP contribution in [0, 0.1) is 18.4 Å². The SMILES string of the molecule is COc1cc2c(-c3c[nH]c4ccc(OC#N)cc34)ncnc2cc1OCCNc1ccnc(C)c1.Cl. The van der Waals surface area contributed by atoms with Crippen LogP contribution < -0.4 is 19.5 Å². The Kier molecular flexibility index (Phi) is 7.37. The van der Waals surface area contributed by atoms with Crippen LogP contribution in [0.1, 0.15) is 5.69 Å². The summed E-state index contributed by atoms with van der Waals surface area (Å²) in [6.07, 6.45) is 6.89. The third kappa shape index (κ3) is 4.94. The number of aromatic nitrogens is 4. The fourth-order valence-electron chi connectivity index (χ4n) is 3.97. The number of nitriles is 1. The number of aromatic amines is 1. The van der Waals surface area contributed by atoms with E-state index in [9.17, 15) is 0 Å². The second-order valence-corrected chi connectivity index (χ2v) is 7.81. The molecule has 0 bridgehead atoms. The zero-order valence-corrected chi connectivity index (χ0v) is 20.4. The molecule has 2 aromatic carbocycles. The number of aryl methyl sites for hydroxylation is 1. The standard InChI is InChI=1S/C26H22N6O3.ClH/c1-16-9-17(5-6-28-16)29-7-8-34-25-12-23-20(11-24(25)33-2)26(32-15-31-23)21-13-30-22-4-3-18(35-14-27)10-19(21)22;/h3-6,9-13,15,30H,7-8H2,1-2H3,(H,28,29);1H. The van der Waals surface area contributed by atoms with E-state index in [1.54, 1.807) is 25.6 Å². The minimum atomic E-state index is 0. The number of halogens is 1. The number of anilines is 1. The van der Waals surface area contributed by atoms with E-state index in [1.165, 1.54) is 6.33 Å². The van der Waals surface area contributed by atoms with Gasteiger partial charge in [-0.1, -0.05) is 0 Å². The van der Waals surface area contributed by atoms with Crippen LogP contribution in [0.5, 0.6) is 17.2 Å². The van der Waals surface area contributed by atoms with Crippen LogP contribution in [0.3, 0.4) is 0 Å². The molecule has 3 heterocycles. The molecule has 0 radical (unpaired) electrons. The van der Waals surface area contributed by atoms with Gasteiger partial charge in [0.05, 0.1) is 18.3 Å². The summed E-state index contributed by atoms with van der Waals surface area (Å²) < 4.78 is 16.6. The monoisotopic (exact) mass is 502 g/mol. The Balaban J connectivity index is 0.00000304. The highest BCUT2D eigenvalue weighted by molar-refractivity contribution is 6.03. The van der Waals surface area contributed by atoms with Crippen LogP contribution in [-0.4, -0.2) is 40.2 Å². The summed E-state index contributed by atoms with van der Waals surface area (Å²) in [6.45, 7) is 3.00. The van der Waals surface area contributed by atoms with E-state index in [1.807, 2.05) is 49.5 Å². The van der Waals surface area contributed by atoms with Crippen molar-refractivity contribution in [1.82, 2.24) is 19.9 Å². The van der Waals surface area contributed by atoms with E-state index < -0.39 is 0 Å². The molecule has 0 unspecified atom stereocenters. The molecule has 0 atom stereocenters. The Labute approximate surface area is 213 Å². The first-order chi connectivity index (χ1) is 17.2. The van der Waals surface area contributed by atoms with Gasteiger partial charge in [0.1, 0.15) is 18.7 Å². The zero-order valence-electron chi connectivity index (χ0n) is 19.6. The number of methoxy groups -OCH3 is 1. The maximum Gasteiger partial charge on any atom is 0.292 e. The van der Waals surface area contributed by atoms with Gasteiger partial charge in [0.2, 0.25) is 0 Å². The van der Waals surface area contributed by atoms with Crippen LogP contribution in [0.15, 0.2) is 61.2 Å². The van der Waals surface area contributed by atoms with Gasteiger partial charge in [-0.25, -0.2) is 9.97 Å². The number of nitrogens with zero attached hydrogens (tertiary/aromatic N) is 4. The summed E-state index contributed by atoms with van der Waals surface area (Å²) in [7, 11) is 1.60. The van der Waals surface area contributed by atoms with Crippen molar-refractivity contribution in [3.05, 3.63) is 66.9 Å². The van der Waals surface area contributed by atoms with E-state index in [-0.39, 0.29) is 12.4 Å². The van der Waals surface area contributed by atoms with Gasteiger partial charge in [0.25, 0.3) is 6.26 Å². The number of hydrogen-bond acceptors (Lipinski definition) is 8. The van der Waals surface area contributed by atoms with Crippen LogP contribution >= 0.6 is 12.4 Å². The average Bonchev–Trinajstić information content (AvgIpc) is 3.29. The van der Waals surface area contributed by atoms with Gasteiger partial charge < -0.3 is 24.5 Å². The van der Waals surface area contributed by atoms with Crippen molar-refractivity contribution in [2.45, 2.75) is 6.92 Å². The molecule has 0 saturated heterocycles. The lowest BCUT2D eigenvalue weighted by molar-refractivity contribution is 0.306. The van der Waals surface area contributed by atoms with E-state index in [0.717, 1.165) is 44.4 Å². The van der Waals surface area contributed by atoms with Crippen molar-refractivity contribution in [1.29, 1.82) is 5.26 Å². The summed E-state index contributed by atoms with van der Waals surface area (Å²) in [5, 5.41) is 13.9. The first-order valence-corrected chi connectivity index (χ1v) is 11.0. The average molecular weight is 503 g/mol. The maximum absolute atomic E-state index is 8.87. The van der Waals surface area contributed by atoms with E-state index >= 15 is 0 Å².